The number of hydrogen-bond acceptors (Lipinski definition) is 4. The standard InChI is InChI=1S/C13H22N4/c1-10-5-3-4-6-12(10)17(2)13-11(7-14)8-15-9-16-13/h8-10,12H,3-7,14H2,1-2H3. The van der Waals surface area contributed by atoms with Gasteiger partial charge >= 0.3 is 0 Å². The van der Waals surface area contributed by atoms with Gasteiger partial charge in [0.25, 0.3) is 0 Å². The molecule has 0 amide bonds. The van der Waals surface area contributed by atoms with Crippen LogP contribution in [-0.2, 0) is 6.54 Å². The van der Waals surface area contributed by atoms with Gasteiger partial charge in [-0.3, -0.25) is 0 Å². The second kappa shape index (κ2) is 5.45. The lowest BCUT2D eigenvalue weighted by molar-refractivity contribution is 0.320. The van der Waals surface area contributed by atoms with Crippen molar-refractivity contribution in [3.63, 3.8) is 0 Å². The topological polar surface area (TPSA) is 55.0 Å². The summed E-state index contributed by atoms with van der Waals surface area (Å²) in [5, 5.41) is 0. The number of anilines is 1. The Labute approximate surface area is 103 Å². The third kappa shape index (κ3) is 2.57. The van der Waals surface area contributed by atoms with Crippen molar-refractivity contribution in [1.29, 1.82) is 0 Å². The van der Waals surface area contributed by atoms with Crippen molar-refractivity contribution in [2.24, 2.45) is 11.7 Å². The molecule has 2 N–H and O–H groups in total. The van der Waals surface area contributed by atoms with Gasteiger partial charge in [-0.2, -0.15) is 0 Å². The summed E-state index contributed by atoms with van der Waals surface area (Å²) in [6, 6.07) is 0.587. The predicted octanol–water partition coefficient (Wildman–Crippen LogP) is 1.95. The molecular weight excluding hydrogens is 212 g/mol. The molecule has 1 heterocycles. The lowest BCUT2D eigenvalue weighted by atomic mass is 9.85. The summed E-state index contributed by atoms with van der Waals surface area (Å²) >= 11 is 0. The van der Waals surface area contributed by atoms with Crippen molar-refractivity contribution in [3.8, 4) is 0 Å². The van der Waals surface area contributed by atoms with E-state index in [-0.39, 0.29) is 0 Å². The van der Waals surface area contributed by atoms with Crippen LogP contribution in [0.2, 0.25) is 0 Å². The first-order valence-corrected chi connectivity index (χ1v) is 6.45. The van der Waals surface area contributed by atoms with Gasteiger partial charge in [-0.1, -0.05) is 19.8 Å². The number of hydrogen-bond donors (Lipinski definition) is 1. The predicted molar refractivity (Wildman–Crippen MR) is 69.7 cm³/mol. The summed E-state index contributed by atoms with van der Waals surface area (Å²) < 4.78 is 0. The van der Waals surface area contributed by atoms with Crippen LogP contribution < -0.4 is 10.6 Å². The molecule has 1 fully saturated rings. The van der Waals surface area contributed by atoms with Crippen LogP contribution in [0.3, 0.4) is 0 Å². The molecule has 94 valence electrons. The molecular formula is C13H22N4. The largest absolute Gasteiger partial charge is 0.356 e. The van der Waals surface area contributed by atoms with E-state index in [1.807, 2.05) is 6.20 Å². The monoisotopic (exact) mass is 234 g/mol. The minimum Gasteiger partial charge on any atom is -0.356 e. The third-order valence-corrected chi connectivity index (χ3v) is 3.88. The van der Waals surface area contributed by atoms with Gasteiger partial charge in [-0.25, -0.2) is 9.97 Å². The minimum atomic E-state index is 0.502. The lowest BCUT2D eigenvalue weighted by Crippen LogP contribution is -2.40. The molecule has 1 aliphatic rings. The van der Waals surface area contributed by atoms with Gasteiger partial charge in [0.05, 0.1) is 0 Å². The van der Waals surface area contributed by atoms with Crippen molar-refractivity contribution in [2.75, 3.05) is 11.9 Å². The molecule has 2 rings (SSSR count). The van der Waals surface area contributed by atoms with Crippen LogP contribution in [0.5, 0.6) is 0 Å². The van der Waals surface area contributed by atoms with E-state index < -0.39 is 0 Å². The Balaban J connectivity index is 2.20. The maximum Gasteiger partial charge on any atom is 0.136 e. The Kier molecular flexibility index (Phi) is 3.94. The fourth-order valence-corrected chi connectivity index (χ4v) is 2.84. The summed E-state index contributed by atoms with van der Waals surface area (Å²) in [5.74, 6) is 1.73. The molecule has 1 aromatic rings. The number of nitrogens with zero attached hydrogens (tertiary/aromatic N) is 3. The van der Waals surface area contributed by atoms with Crippen LogP contribution in [0, 0.1) is 5.92 Å². The van der Waals surface area contributed by atoms with Crippen LogP contribution in [0.25, 0.3) is 0 Å². The highest BCUT2D eigenvalue weighted by Crippen LogP contribution is 2.30. The molecule has 4 heteroatoms. The normalized spacial score (nSPS) is 24.6. The first-order chi connectivity index (χ1) is 8.24. The Morgan fingerprint density at radius 2 is 2.18 bits per heavy atom. The molecule has 1 saturated carbocycles. The molecule has 2 atom stereocenters. The molecule has 1 aromatic heterocycles. The maximum atomic E-state index is 5.75. The average Bonchev–Trinajstić information content (AvgIpc) is 2.38. The van der Waals surface area contributed by atoms with E-state index in [1.54, 1.807) is 6.33 Å². The van der Waals surface area contributed by atoms with Gasteiger partial charge in [0.15, 0.2) is 0 Å². The van der Waals surface area contributed by atoms with E-state index >= 15 is 0 Å². The first-order valence-electron chi connectivity index (χ1n) is 6.45. The van der Waals surface area contributed by atoms with E-state index in [0.29, 0.717) is 12.6 Å². The second-order valence-electron chi connectivity index (χ2n) is 5.02. The van der Waals surface area contributed by atoms with Crippen LogP contribution in [0.4, 0.5) is 5.82 Å². The molecule has 17 heavy (non-hydrogen) atoms. The minimum absolute atomic E-state index is 0.502. The molecule has 2 unspecified atom stereocenters. The lowest BCUT2D eigenvalue weighted by Gasteiger charge is -2.37. The average molecular weight is 234 g/mol. The Hall–Kier alpha value is -1.16. The fourth-order valence-electron chi connectivity index (χ4n) is 2.84. The van der Waals surface area contributed by atoms with Crippen molar-refractivity contribution in [3.05, 3.63) is 18.1 Å². The van der Waals surface area contributed by atoms with Crippen LogP contribution in [-0.4, -0.2) is 23.1 Å². The molecule has 1 aliphatic carbocycles. The van der Waals surface area contributed by atoms with E-state index in [2.05, 4.69) is 28.8 Å². The van der Waals surface area contributed by atoms with E-state index in [9.17, 15) is 0 Å². The van der Waals surface area contributed by atoms with Crippen molar-refractivity contribution in [2.45, 2.75) is 45.2 Å². The van der Waals surface area contributed by atoms with Gasteiger partial charge in [0.1, 0.15) is 12.1 Å². The summed E-state index contributed by atoms with van der Waals surface area (Å²) in [4.78, 5) is 10.7. The van der Waals surface area contributed by atoms with E-state index in [0.717, 1.165) is 17.3 Å². The highest BCUT2D eigenvalue weighted by Gasteiger charge is 2.26. The van der Waals surface area contributed by atoms with Gasteiger partial charge < -0.3 is 10.6 Å². The summed E-state index contributed by atoms with van der Waals surface area (Å²) in [6.45, 7) is 2.84. The van der Waals surface area contributed by atoms with Crippen LogP contribution >= 0.6 is 0 Å². The molecule has 0 aliphatic heterocycles. The summed E-state index contributed by atoms with van der Waals surface area (Å²) in [6.07, 6.45) is 8.69. The second-order valence-corrected chi connectivity index (χ2v) is 5.02. The van der Waals surface area contributed by atoms with Crippen molar-refractivity contribution >= 4 is 5.82 Å². The molecule has 0 saturated heterocycles. The van der Waals surface area contributed by atoms with E-state index in [1.165, 1.54) is 25.7 Å². The molecule has 0 radical (unpaired) electrons. The molecule has 0 aromatic carbocycles. The zero-order valence-corrected chi connectivity index (χ0v) is 10.8. The summed E-state index contributed by atoms with van der Waals surface area (Å²) in [7, 11) is 2.13. The molecule has 0 bridgehead atoms. The Morgan fingerprint density at radius 3 is 2.88 bits per heavy atom. The molecule has 0 spiro atoms. The number of rotatable bonds is 3. The SMILES string of the molecule is CC1CCCCC1N(C)c1ncncc1CN. The first kappa shape index (κ1) is 12.3. The summed E-state index contributed by atoms with van der Waals surface area (Å²) in [5.41, 5.74) is 6.78. The van der Waals surface area contributed by atoms with Gasteiger partial charge in [0, 0.05) is 31.4 Å². The quantitative estimate of drug-likeness (QED) is 0.868. The molecule has 4 nitrogen and oxygen atoms in total. The maximum absolute atomic E-state index is 5.75. The Morgan fingerprint density at radius 1 is 1.41 bits per heavy atom. The van der Waals surface area contributed by atoms with Crippen molar-refractivity contribution in [1.82, 2.24) is 9.97 Å². The van der Waals surface area contributed by atoms with Gasteiger partial charge in [-0.15, -0.1) is 0 Å². The number of nitrogens with two attached hydrogens (primary N) is 1. The van der Waals surface area contributed by atoms with Crippen molar-refractivity contribution < 1.29 is 0 Å². The zero-order chi connectivity index (χ0) is 12.3. The van der Waals surface area contributed by atoms with E-state index in [4.69, 9.17) is 5.73 Å². The zero-order valence-electron chi connectivity index (χ0n) is 10.8. The fraction of sp³-hybridized carbons (Fsp3) is 0.692. The van der Waals surface area contributed by atoms with Crippen LogP contribution in [0.1, 0.15) is 38.2 Å². The highest BCUT2D eigenvalue weighted by molar-refractivity contribution is 5.45. The third-order valence-electron chi connectivity index (χ3n) is 3.88. The Bertz CT molecular complexity index is 366. The van der Waals surface area contributed by atoms with Crippen LogP contribution in [0.15, 0.2) is 12.5 Å². The van der Waals surface area contributed by atoms with Gasteiger partial charge in [0.2, 0.25) is 0 Å². The highest BCUT2D eigenvalue weighted by atomic mass is 15.2. The smallest absolute Gasteiger partial charge is 0.136 e. The number of aromatic nitrogens is 2. The van der Waals surface area contributed by atoms with Gasteiger partial charge in [-0.05, 0) is 18.8 Å².